The second-order valence-corrected chi connectivity index (χ2v) is 6.80. The number of hydrogen-bond acceptors (Lipinski definition) is 3. The van der Waals surface area contributed by atoms with E-state index in [4.69, 9.17) is 0 Å². The Balaban J connectivity index is 1.73. The van der Waals surface area contributed by atoms with E-state index in [0.717, 1.165) is 18.0 Å². The Morgan fingerprint density at radius 2 is 2.10 bits per heavy atom. The zero-order valence-corrected chi connectivity index (χ0v) is 12.4. The molecule has 0 spiro atoms. The van der Waals surface area contributed by atoms with Gasteiger partial charge in [-0.2, -0.15) is 0 Å². The number of hydrogen-bond donors (Lipinski definition) is 1. The minimum atomic E-state index is -0.170. The van der Waals surface area contributed by atoms with Gasteiger partial charge in [0.25, 0.3) is 0 Å². The topological polar surface area (TPSA) is 24.9 Å². The number of rotatable bonds is 6. The summed E-state index contributed by atoms with van der Waals surface area (Å²) in [7, 11) is 0. The first-order valence-electron chi connectivity index (χ1n) is 7.11. The van der Waals surface area contributed by atoms with E-state index in [1.54, 1.807) is 23.5 Å². The summed E-state index contributed by atoms with van der Waals surface area (Å²) in [6.45, 7) is 2.98. The smallest absolute Gasteiger partial charge is 0.123 e. The molecule has 1 N–H and O–H groups in total. The molecule has 1 saturated carbocycles. The summed E-state index contributed by atoms with van der Waals surface area (Å²) in [5.41, 5.74) is 1.20. The Hall–Kier alpha value is -1.26. The number of thiazole rings is 1. The normalized spacial score (nSPS) is 16.3. The van der Waals surface area contributed by atoms with Gasteiger partial charge in [0.15, 0.2) is 0 Å². The van der Waals surface area contributed by atoms with Crippen LogP contribution in [0.1, 0.15) is 34.2 Å². The Morgan fingerprint density at radius 1 is 1.35 bits per heavy atom. The van der Waals surface area contributed by atoms with Crippen molar-refractivity contribution in [1.29, 1.82) is 0 Å². The van der Waals surface area contributed by atoms with Crippen LogP contribution in [0.4, 0.5) is 4.39 Å². The van der Waals surface area contributed by atoms with Gasteiger partial charge >= 0.3 is 0 Å². The number of benzene rings is 1. The molecule has 1 aliphatic carbocycles. The van der Waals surface area contributed by atoms with Crippen LogP contribution in [0.5, 0.6) is 0 Å². The highest BCUT2D eigenvalue weighted by Gasteiger charge is 2.23. The lowest BCUT2D eigenvalue weighted by Crippen LogP contribution is -2.24. The Labute approximate surface area is 123 Å². The molecule has 0 saturated heterocycles. The van der Waals surface area contributed by atoms with E-state index >= 15 is 0 Å². The standard InChI is InChI=1S/C16H19FN2S/c1-11-18-10-16(20-11)8-13(9-19-15-6-7-15)12-2-4-14(17)5-3-12/h2-5,10,13,15,19H,6-9H2,1H3. The first-order valence-corrected chi connectivity index (χ1v) is 7.92. The summed E-state index contributed by atoms with van der Waals surface area (Å²) < 4.78 is 13.1. The molecule has 0 aliphatic heterocycles. The molecule has 3 rings (SSSR count). The maximum absolute atomic E-state index is 13.1. The van der Waals surface area contributed by atoms with Crippen molar-refractivity contribution in [3.05, 3.63) is 51.7 Å². The average molecular weight is 290 g/mol. The van der Waals surface area contributed by atoms with Crippen molar-refractivity contribution in [1.82, 2.24) is 10.3 Å². The monoisotopic (exact) mass is 290 g/mol. The number of nitrogens with zero attached hydrogens (tertiary/aromatic N) is 1. The second-order valence-electron chi connectivity index (χ2n) is 5.48. The highest BCUT2D eigenvalue weighted by Crippen LogP contribution is 2.26. The van der Waals surface area contributed by atoms with E-state index in [2.05, 4.69) is 10.3 Å². The van der Waals surface area contributed by atoms with Crippen LogP contribution in [0.3, 0.4) is 0 Å². The van der Waals surface area contributed by atoms with E-state index in [-0.39, 0.29) is 5.82 Å². The largest absolute Gasteiger partial charge is 0.313 e. The quantitative estimate of drug-likeness (QED) is 0.878. The molecule has 0 bridgehead atoms. The molecular formula is C16H19FN2S. The highest BCUT2D eigenvalue weighted by molar-refractivity contribution is 7.11. The van der Waals surface area contributed by atoms with Crippen LogP contribution < -0.4 is 5.32 Å². The fraction of sp³-hybridized carbons (Fsp3) is 0.438. The first-order chi connectivity index (χ1) is 9.70. The van der Waals surface area contributed by atoms with Gasteiger partial charge in [-0.05, 0) is 43.9 Å². The van der Waals surface area contributed by atoms with Crippen molar-refractivity contribution >= 4 is 11.3 Å². The lowest BCUT2D eigenvalue weighted by molar-refractivity contribution is 0.576. The molecule has 1 atom stereocenters. The zero-order valence-electron chi connectivity index (χ0n) is 11.6. The molecule has 1 aromatic carbocycles. The molecular weight excluding hydrogens is 271 g/mol. The molecule has 2 nitrogen and oxygen atoms in total. The van der Waals surface area contributed by atoms with Gasteiger partial charge in [0, 0.05) is 29.6 Å². The molecule has 1 aliphatic rings. The second kappa shape index (κ2) is 6.02. The van der Waals surface area contributed by atoms with E-state index in [0.29, 0.717) is 12.0 Å². The number of aryl methyl sites for hydroxylation is 1. The molecule has 1 aromatic heterocycles. The molecule has 20 heavy (non-hydrogen) atoms. The van der Waals surface area contributed by atoms with Gasteiger partial charge < -0.3 is 5.32 Å². The summed E-state index contributed by atoms with van der Waals surface area (Å²) in [5.74, 6) is 0.215. The maximum Gasteiger partial charge on any atom is 0.123 e. The predicted octanol–water partition coefficient (Wildman–Crippen LogP) is 3.67. The van der Waals surface area contributed by atoms with Crippen LogP contribution >= 0.6 is 11.3 Å². The third-order valence-corrected chi connectivity index (χ3v) is 4.62. The van der Waals surface area contributed by atoms with Gasteiger partial charge in [0.1, 0.15) is 5.82 Å². The molecule has 4 heteroatoms. The minimum absolute atomic E-state index is 0.170. The van der Waals surface area contributed by atoms with E-state index in [1.807, 2.05) is 25.3 Å². The van der Waals surface area contributed by atoms with Gasteiger partial charge in [-0.3, -0.25) is 0 Å². The molecule has 1 heterocycles. The number of halogens is 1. The Morgan fingerprint density at radius 3 is 2.70 bits per heavy atom. The van der Waals surface area contributed by atoms with Crippen LogP contribution in [-0.4, -0.2) is 17.6 Å². The van der Waals surface area contributed by atoms with Crippen LogP contribution in [-0.2, 0) is 6.42 Å². The highest BCUT2D eigenvalue weighted by atomic mass is 32.1. The van der Waals surface area contributed by atoms with Crippen molar-refractivity contribution in [3.8, 4) is 0 Å². The lowest BCUT2D eigenvalue weighted by Gasteiger charge is -2.17. The van der Waals surface area contributed by atoms with Gasteiger partial charge in [-0.15, -0.1) is 11.3 Å². The van der Waals surface area contributed by atoms with Crippen LogP contribution in [0.2, 0.25) is 0 Å². The van der Waals surface area contributed by atoms with E-state index in [1.165, 1.54) is 23.3 Å². The molecule has 1 unspecified atom stereocenters. The Kier molecular flexibility index (Phi) is 4.13. The lowest BCUT2D eigenvalue weighted by atomic mass is 9.95. The molecule has 2 aromatic rings. The van der Waals surface area contributed by atoms with Gasteiger partial charge in [-0.25, -0.2) is 9.37 Å². The third kappa shape index (κ3) is 3.64. The summed E-state index contributed by atoms with van der Waals surface area (Å²) >= 11 is 1.75. The zero-order chi connectivity index (χ0) is 13.9. The first kappa shape index (κ1) is 13.7. The fourth-order valence-corrected chi connectivity index (χ4v) is 3.26. The third-order valence-electron chi connectivity index (χ3n) is 3.69. The van der Waals surface area contributed by atoms with Gasteiger partial charge in [-0.1, -0.05) is 12.1 Å². The Bertz CT molecular complexity index is 560. The summed E-state index contributed by atoms with van der Waals surface area (Å²) in [4.78, 5) is 5.62. The predicted molar refractivity (Wildman–Crippen MR) is 80.7 cm³/mol. The van der Waals surface area contributed by atoms with Crippen molar-refractivity contribution in [2.45, 2.75) is 38.1 Å². The SMILES string of the molecule is Cc1ncc(CC(CNC2CC2)c2ccc(F)cc2)s1. The van der Waals surface area contributed by atoms with Crippen LogP contribution in [0, 0.1) is 12.7 Å². The van der Waals surface area contributed by atoms with E-state index in [9.17, 15) is 4.39 Å². The summed E-state index contributed by atoms with van der Waals surface area (Å²) in [6, 6.07) is 7.61. The van der Waals surface area contributed by atoms with Crippen molar-refractivity contribution < 1.29 is 4.39 Å². The van der Waals surface area contributed by atoms with Crippen LogP contribution in [0.25, 0.3) is 0 Å². The van der Waals surface area contributed by atoms with Crippen molar-refractivity contribution in [2.75, 3.05) is 6.54 Å². The molecule has 0 amide bonds. The van der Waals surface area contributed by atoms with Gasteiger partial charge in [0.2, 0.25) is 0 Å². The summed E-state index contributed by atoms with van der Waals surface area (Å²) in [6.07, 6.45) is 5.51. The maximum atomic E-state index is 13.1. The van der Waals surface area contributed by atoms with Gasteiger partial charge in [0.05, 0.1) is 5.01 Å². The van der Waals surface area contributed by atoms with Crippen molar-refractivity contribution in [3.63, 3.8) is 0 Å². The van der Waals surface area contributed by atoms with Crippen LogP contribution in [0.15, 0.2) is 30.5 Å². The summed E-state index contributed by atoms with van der Waals surface area (Å²) in [5, 5.41) is 4.69. The minimum Gasteiger partial charge on any atom is -0.313 e. The fourth-order valence-electron chi connectivity index (χ4n) is 2.38. The average Bonchev–Trinajstić information content (AvgIpc) is 3.18. The molecule has 106 valence electrons. The molecule has 1 fully saturated rings. The molecule has 0 radical (unpaired) electrons. The number of aromatic nitrogens is 1. The van der Waals surface area contributed by atoms with Crippen molar-refractivity contribution in [2.24, 2.45) is 0 Å². The van der Waals surface area contributed by atoms with E-state index < -0.39 is 0 Å². The number of nitrogens with one attached hydrogen (secondary N) is 1.